The van der Waals surface area contributed by atoms with Crippen molar-refractivity contribution in [2.75, 3.05) is 39.3 Å². The Bertz CT molecular complexity index is 499. The Kier molecular flexibility index (Phi) is 4.80. The van der Waals surface area contributed by atoms with Gasteiger partial charge in [0.15, 0.2) is 11.0 Å². The fourth-order valence-electron chi connectivity index (χ4n) is 2.95. The van der Waals surface area contributed by atoms with Gasteiger partial charge in [0.1, 0.15) is 26.2 Å². The van der Waals surface area contributed by atoms with Crippen molar-refractivity contribution >= 4 is 35.4 Å². The van der Waals surface area contributed by atoms with Gasteiger partial charge in [-0.2, -0.15) is 0 Å². The van der Waals surface area contributed by atoms with Crippen LogP contribution in [0.3, 0.4) is 0 Å². The van der Waals surface area contributed by atoms with Gasteiger partial charge in [0.25, 0.3) is 0 Å². The van der Waals surface area contributed by atoms with Crippen molar-refractivity contribution in [3.05, 3.63) is 0 Å². The molecule has 0 aromatic carbocycles. The molecule has 7 nitrogen and oxygen atoms in total. The third-order valence-electron chi connectivity index (χ3n) is 4.40. The minimum Gasteiger partial charge on any atom is -0.337 e. The fourth-order valence-corrected chi connectivity index (χ4v) is 3.29. The van der Waals surface area contributed by atoms with E-state index >= 15 is 0 Å². The van der Waals surface area contributed by atoms with Gasteiger partial charge in [-0.05, 0) is 25.1 Å². The summed E-state index contributed by atoms with van der Waals surface area (Å²) in [6.07, 6.45) is 3.42. The van der Waals surface area contributed by atoms with E-state index in [-0.39, 0.29) is 23.0 Å². The lowest BCUT2D eigenvalue weighted by molar-refractivity contribution is -0.945. The number of piperazine rings is 1. The van der Waals surface area contributed by atoms with Gasteiger partial charge < -0.3 is 15.5 Å². The molecule has 1 saturated carbocycles. The van der Waals surface area contributed by atoms with Crippen molar-refractivity contribution in [3.63, 3.8) is 0 Å². The van der Waals surface area contributed by atoms with Gasteiger partial charge in [-0.3, -0.25) is 19.5 Å². The van der Waals surface area contributed by atoms with Crippen molar-refractivity contribution in [1.29, 1.82) is 0 Å². The van der Waals surface area contributed by atoms with Gasteiger partial charge in [0.2, 0.25) is 11.8 Å². The van der Waals surface area contributed by atoms with E-state index < -0.39 is 5.92 Å². The highest BCUT2D eigenvalue weighted by Gasteiger charge is 2.44. The lowest BCUT2D eigenvalue weighted by atomic mass is 10.1. The fraction of sp³-hybridized carbons (Fsp3) is 0.714. The van der Waals surface area contributed by atoms with Crippen molar-refractivity contribution in [2.45, 2.75) is 18.9 Å². The number of carbonyl (C=O) groups excluding carboxylic acids is 2. The van der Waals surface area contributed by atoms with Gasteiger partial charge >= 0.3 is 0 Å². The Labute approximate surface area is 135 Å². The Balaban J connectivity index is 1.53. The average molecular weight is 325 g/mol. The number of carbonyl (C=O) groups is 2. The number of nitrogens with one attached hydrogen (secondary N) is 2. The molecule has 0 spiro atoms. The summed E-state index contributed by atoms with van der Waals surface area (Å²) in [5, 5.41) is 5.19. The third-order valence-corrected chi connectivity index (χ3v) is 4.70. The van der Waals surface area contributed by atoms with Crippen LogP contribution in [0.4, 0.5) is 0 Å². The van der Waals surface area contributed by atoms with Crippen LogP contribution in [0, 0.1) is 5.92 Å². The maximum atomic E-state index is 12.4. The summed E-state index contributed by atoms with van der Waals surface area (Å²) in [5.74, 6) is -1.40. The summed E-state index contributed by atoms with van der Waals surface area (Å²) in [4.78, 5) is 31.8. The number of nitrogens with zero attached hydrogens (tertiary/aromatic N) is 2. The zero-order chi connectivity index (χ0) is 15.5. The van der Waals surface area contributed by atoms with Crippen LogP contribution < -0.4 is 15.5 Å². The van der Waals surface area contributed by atoms with E-state index in [1.807, 2.05) is 0 Å². The molecule has 0 aromatic rings. The Hall–Kier alpha value is -1.38. The maximum Gasteiger partial charge on any atom is 0.247 e. The third kappa shape index (κ3) is 3.50. The van der Waals surface area contributed by atoms with Crippen LogP contribution in [-0.2, 0) is 9.59 Å². The molecule has 120 valence electrons. The number of aliphatic imine (C=N–C) groups is 1. The summed E-state index contributed by atoms with van der Waals surface area (Å²) < 4.78 is 0. The molecular weight excluding hydrogens is 302 g/mol. The second kappa shape index (κ2) is 6.80. The van der Waals surface area contributed by atoms with E-state index in [1.54, 1.807) is 9.80 Å². The quantitative estimate of drug-likeness (QED) is 0.279. The number of hydrogen-bond donors (Lipinski definition) is 3. The molecule has 4 N–H and O–H groups in total. The summed E-state index contributed by atoms with van der Waals surface area (Å²) in [6.45, 7) is 6.24. The molecular formula is C14H23N5O2S+2. The molecule has 3 rings (SSSR count). The molecule has 3 fully saturated rings. The molecule has 0 aromatic heterocycles. The highest BCUT2D eigenvalue weighted by atomic mass is 32.1. The van der Waals surface area contributed by atoms with Crippen molar-refractivity contribution in [1.82, 2.24) is 10.2 Å². The molecule has 1 aliphatic carbocycles. The molecule has 0 unspecified atom stereocenters. The highest BCUT2D eigenvalue weighted by Crippen LogP contribution is 2.29. The predicted octanol–water partition coefficient (Wildman–Crippen LogP) is -3.46. The Morgan fingerprint density at radius 3 is 2.77 bits per heavy atom. The summed E-state index contributed by atoms with van der Waals surface area (Å²) in [5.41, 5.74) is 0. The summed E-state index contributed by atoms with van der Waals surface area (Å²) >= 11 is 5.09. The zero-order valence-corrected chi connectivity index (χ0v) is 13.4. The number of nitrogens with two attached hydrogens (primary N) is 1. The summed E-state index contributed by atoms with van der Waals surface area (Å²) in [7, 11) is 0. The Morgan fingerprint density at radius 1 is 1.36 bits per heavy atom. The number of hydrogen-bond acceptors (Lipinski definition) is 4. The highest BCUT2D eigenvalue weighted by molar-refractivity contribution is 7.80. The van der Waals surface area contributed by atoms with Gasteiger partial charge in [-0.1, -0.05) is 0 Å². The van der Waals surface area contributed by atoms with Gasteiger partial charge in [0, 0.05) is 12.3 Å². The SMILES string of the molecule is O=C1NC(=S)N(C2CC2)C(=O)[C@H]1C=NCC[NH+]1CC[NH2+]CC1. The molecule has 2 amide bonds. The van der Waals surface area contributed by atoms with E-state index in [1.165, 1.54) is 6.21 Å². The molecule has 22 heavy (non-hydrogen) atoms. The van der Waals surface area contributed by atoms with E-state index in [0.717, 1.165) is 45.6 Å². The second-order valence-corrected chi connectivity index (χ2v) is 6.52. The number of thiocarbonyl (C=S) groups is 1. The standard InChI is InChI=1S/C14H21N5O2S/c20-12-11(9-16-5-8-18-6-3-15-4-7-18)13(21)19(10-1-2-10)14(22)17-12/h9-11,15H,1-8H2,(H,17,20,22)/p+2/t11-/m0/s1. The monoisotopic (exact) mass is 325 g/mol. The van der Waals surface area contributed by atoms with Crippen LogP contribution in [0.1, 0.15) is 12.8 Å². The van der Waals surface area contributed by atoms with Crippen LogP contribution in [0.5, 0.6) is 0 Å². The van der Waals surface area contributed by atoms with Crippen LogP contribution in [0.25, 0.3) is 0 Å². The minimum absolute atomic E-state index is 0.172. The van der Waals surface area contributed by atoms with Crippen LogP contribution in [0.2, 0.25) is 0 Å². The second-order valence-electron chi connectivity index (χ2n) is 6.13. The molecule has 8 heteroatoms. The number of amides is 2. The molecule has 0 radical (unpaired) electrons. The molecule has 2 aliphatic heterocycles. The predicted molar refractivity (Wildman–Crippen MR) is 84.7 cm³/mol. The first-order chi connectivity index (χ1) is 10.7. The topological polar surface area (TPSA) is 82.8 Å². The smallest absolute Gasteiger partial charge is 0.247 e. The van der Waals surface area contributed by atoms with Gasteiger partial charge in [-0.15, -0.1) is 0 Å². The van der Waals surface area contributed by atoms with Gasteiger partial charge in [-0.25, -0.2) is 0 Å². The number of quaternary nitrogens is 2. The van der Waals surface area contributed by atoms with E-state index in [2.05, 4.69) is 15.6 Å². The van der Waals surface area contributed by atoms with Crippen molar-refractivity contribution < 1.29 is 19.8 Å². The first-order valence-electron chi connectivity index (χ1n) is 8.00. The lowest BCUT2D eigenvalue weighted by Gasteiger charge is -2.30. The van der Waals surface area contributed by atoms with Crippen LogP contribution in [-0.4, -0.2) is 73.4 Å². The summed E-state index contributed by atoms with van der Waals surface area (Å²) in [6, 6.07) is 0.172. The Morgan fingerprint density at radius 2 is 2.09 bits per heavy atom. The largest absolute Gasteiger partial charge is 0.337 e. The molecule has 1 atom stereocenters. The van der Waals surface area contributed by atoms with Gasteiger partial charge in [0.05, 0.1) is 13.1 Å². The molecule has 2 heterocycles. The molecule has 3 aliphatic rings. The maximum absolute atomic E-state index is 12.4. The first kappa shape index (κ1) is 15.5. The van der Waals surface area contributed by atoms with E-state index in [0.29, 0.717) is 6.54 Å². The van der Waals surface area contributed by atoms with Crippen LogP contribution >= 0.6 is 12.2 Å². The molecule has 2 saturated heterocycles. The van der Waals surface area contributed by atoms with Crippen molar-refractivity contribution in [3.8, 4) is 0 Å². The van der Waals surface area contributed by atoms with E-state index in [9.17, 15) is 9.59 Å². The lowest BCUT2D eigenvalue weighted by Crippen LogP contribution is -3.20. The van der Waals surface area contributed by atoms with E-state index in [4.69, 9.17) is 12.2 Å². The first-order valence-corrected chi connectivity index (χ1v) is 8.40. The number of rotatable bonds is 5. The normalized spacial score (nSPS) is 27.5. The van der Waals surface area contributed by atoms with Crippen molar-refractivity contribution in [2.24, 2.45) is 10.9 Å². The molecule has 0 bridgehead atoms. The zero-order valence-electron chi connectivity index (χ0n) is 12.6. The minimum atomic E-state index is -0.822. The average Bonchev–Trinajstić information content (AvgIpc) is 3.32. The van der Waals surface area contributed by atoms with Crippen LogP contribution in [0.15, 0.2) is 4.99 Å².